The summed E-state index contributed by atoms with van der Waals surface area (Å²) in [5, 5.41) is 2.12. The SMILES string of the molecule is CC(N)C(c1cc(Br)cs1)n1cnc2c1CCCC2. The molecular formula is C14H18BrN3S. The summed E-state index contributed by atoms with van der Waals surface area (Å²) in [4.78, 5) is 5.89. The molecule has 2 N–H and O–H groups in total. The van der Waals surface area contributed by atoms with Gasteiger partial charge >= 0.3 is 0 Å². The molecule has 0 spiro atoms. The van der Waals surface area contributed by atoms with Crippen molar-refractivity contribution < 1.29 is 0 Å². The number of rotatable bonds is 3. The van der Waals surface area contributed by atoms with E-state index in [-0.39, 0.29) is 12.1 Å². The van der Waals surface area contributed by atoms with Crippen molar-refractivity contribution in [3.8, 4) is 0 Å². The molecule has 3 nitrogen and oxygen atoms in total. The minimum absolute atomic E-state index is 0.0748. The van der Waals surface area contributed by atoms with Crippen LogP contribution in [0.5, 0.6) is 0 Å². The second-order valence-electron chi connectivity index (χ2n) is 5.22. The summed E-state index contributed by atoms with van der Waals surface area (Å²) in [5.41, 5.74) is 8.90. The van der Waals surface area contributed by atoms with Crippen molar-refractivity contribution in [1.29, 1.82) is 0 Å². The highest BCUT2D eigenvalue weighted by Gasteiger charge is 2.25. The maximum Gasteiger partial charge on any atom is 0.0958 e. The van der Waals surface area contributed by atoms with Gasteiger partial charge in [-0.15, -0.1) is 11.3 Å². The summed E-state index contributed by atoms with van der Waals surface area (Å²) in [5.74, 6) is 0. The van der Waals surface area contributed by atoms with E-state index in [4.69, 9.17) is 5.73 Å². The fourth-order valence-electron chi connectivity index (χ4n) is 2.86. The molecule has 0 saturated heterocycles. The van der Waals surface area contributed by atoms with Gasteiger partial charge in [0.05, 0.1) is 18.1 Å². The second kappa shape index (κ2) is 5.38. The smallest absolute Gasteiger partial charge is 0.0958 e. The Kier molecular flexibility index (Phi) is 3.78. The molecule has 0 bridgehead atoms. The number of hydrogen-bond donors (Lipinski definition) is 1. The van der Waals surface area contributed by atoms with Crippen LogP contribution in [0.4, 0.5) is 0 Å². The molecule has 2 unspecified atom stereocenters. The highest BCUT2D eigenvalue weighted by molar-refractivity contribution is 9.10. The minimum Gasteiger partial charge on any atom is -0.326 e. The quantitative estimate of drug-likeness (QED) is 0.929. The maximum atomic E-state index is 6.25. The van der Waals surface area contributed by atoms with Crippen molar-refractivity contribution in [2.75, 3.05) is 0 Å². The number of nitrogens with two attached hydrogens (primary N) is 1. The lowest BCUT2D eigenvalue weighted by atomic mass is 10.00. The first-order chi connectivity index (χ1) is 9.16. The van der Waals surface area contributed by atoms with Gasteiger partial charge in [-0.05, 0) is 54.6 Å². The van der Waals surface area contributed by atoms with Crippen LogP contribution in [0.2, 0.25) is 0 Å². The summed E-state index contributed by atoms with van der Waals surface area (Å²) < 4.78 is 3.43. The number of aromatic nitrogens is 2. The first-order valence-corrected chi connectivity index (χ1v) is 8.38. The predicted molar refractivity (Wildman–Crippen MR) is 82.7 cm³/mol. The van der Waals surface area contributed by atoms with Gasteiger partial charge in [0, 0.05) is 26.5 Å². The molecule has 0 aliphatic heterocycles. The summed E-state index contributed by atoms with van der Waals surface area (Å²) in [7, 11) is 0. The fourth-order valence-corrected chi connectivity index (χ4v) is 4.52. The number of imidazole rings is 1. The molecule has 1 aliphatic carbocycles. The van der Waals surface area contributed by atoms with Gasteiger partial charge in [0.2, 0.25) is 0 Å². The van der Waals surface area contributed by atoms with E-state index < -0.39 is 0 Å². The first kappa shape index (κ1) is 13.3. The van der Waals surface area contributed by atoms with Crippen molar-refractivity contribution in [3.63, 3.8) is 0 Å². The van der Waals surface area contributed by atoms with Gasteiger partial charge < -0.3 is 10.3 Å². The Morgan fingerprint density at radius 3 is 2.89 bits per heavy atom. The van der Waals surface area contributed by atoms with E-state index in [9.17, 15) is 0 Å². The van der Waals surface area contributed by atoms with E-state index in [1.165, 1.54) is 29.1 Å². The highest BCUT2D eigenvalue weighted by Crippen LogP contribution is 2.33. The molecule has 1 aliphatic rings. The van der Waals surface area contributed by atoms with E-state index >= 15 is 0 Å². The first-order valence-electron chi connectivity index (χ1n) is 6.71. The van der Waals surface area contributed by atoms with Gasteiger partial charge in [-0.2, -0.15) is 0 Å². The highest BCUT2D eigenvalue weighted by atomic mass is 79.9. The Morgan fingerprint density at radius 2 is 2.21 bits per heavy atom. The molecule has 0 amide bonds. The van der Waals surface area contributed by atoms with Gasteiger partial charge in [0.25, 0.3) is 0 Å². The third-order valence-electron chi connectivity index (χ3n) is 3.74. The molecule has 2 heterocycles. The van der Waals surface area contributed by atoms with Crippen LogP contribution >= 0.6 is 27.3 Å². The molecule has 2 aromatic rings. The molecule has 2 aromatic heterocycles. The van der Waals surface area contributed by atoms with Crippen molar-refractivity contribution in [2.45, 2.75) is 44.7 Å². The molecule has 0 saturated carbocycles. The normalized spacial score (nSPS) is 18.1. The Balaban J connectivity index is 2.03. The third kappa shape index (κ3) is 2.51. The van der Waals surface area contributed by atoms with Gasteiger partial charge in [-0.1, -0.05) is 0 Å². The van der Waals surface area contributed by atoms with Crippen molar-refractivity contribution in [3.05, 3.63) is 38.5 Å². The average Bonchev–Trinajstić information content (AvgIpc) is 2.98. The number of nitrogens with zero attached hydrogens (tertiary/aromatic N) is 2. The van der Waals surface area contributed by atoms with Crippen LogP contribution in [0.3, 0.4) is 0 Å². The van der Waals surface area contributed by atoms with Crippen LogP contribution in [0.25, 0.3) is 0 Å². The van der Waals surface area contributed by atoms with E-state index in [0.717, 1.165) is 17.3 Å². The van der Waals surface area contributed by atoms with Crippen LogP contribution < -0.4 is 5.73 Å². The number of fused-ring (bicyclic) bond motifs is 1. The lowest BCUT2D eigenvalue weighted by Crippen LogP contribution is -2.30. The van der Waals surface area contributed by atoms with Crippen LogP contribution in [0.15, 0.2) is 22.2 Å². The molecule has 0 radical (unpaired) electrons. The molecule has 5 heteroatoms. The Hall–Kier alpha value is -0.650. The number of aryl methyl sites for hydroxylation is 1. The van der Waals surface area contributed by atoms with Crippen molar-refractivity contribution >= 4 is 27.3 Å². The summed E-state index contributed by atoms with van der Waals surface area (Å²) >= 11 is 5.29. The number of halogens is 1. The standard InChI is InChI=1S/C14H18BrN3S/c1-9(16)14(13-6-10(15)7-19-13)18-8-17-11-4-2-3-5-12(11)18/h6-9,14H,2-5,16H2,1H3. The van der Waals surface area contributed by atoms with E-state index in [1.54, 1.807) is 11.3 Å². The maximum absolute atomic E-state index is 6.25. The number of thiophene rings is 1. The molecule has 19 heavy (non-hydrogen) atoms. The Morgan fingerprint density at radius 1 is 1.42 bits per heavy atom. The fraction of sp³-hybridized carbons (Fsp3) is 0.500. The van der Waals surface area contributed by atoms with Crippen LogP contribution in [0.1, 0.15) is 42.1 Å². The van der Waals surface area contributed by atoms with Crippen molar-refractivity contribution in [2.24, 2.45) is 5.73 Å². The van der Waals surface area contributed by atoms with E-state index in [1.807, 2.05) is 6.33 Å². The van der Waals surface area contributed by atoms with E-state index in [2.05, 4.69) is 43.9 Å². The van der Waals surface area contributed by atoms with Gasteiger partial charge in [-0.3, -0.25) is 0 Å². The zero-order valence-corrected chi connectivity index (χ0v) is 13.4. The summed E-state index contributed by atoms with van der Waals surface area (Å²) in [6.07, 6.45) is 6.75. The predicted octanol–water partition coefficient (Wildman–Crippen LogP) is 3.52. The molecule has 0 aromatic carbocycles. The Labute approximate surface area is 126 Å². The zero-order valence-electron chi connectivity index (χ0n) is 11.0. The summed E-state index contributed by atoms with van der Waals surface area (Å²) in [6, 6.07) is 2.45. The Bertz CT molecular complexity index is 573. The third-order valence-corrected chi connectivity index (χ3v) is 5.50. The molecular weight excluding hydrogens is 322 g/mol. The number of hydrogen-bond acceptors (Lipinski definition) is 3. The average molecular weight is 340 g/mol. The van der Waals surface area contributed by atoms with Gasteiger partial charge in [0.15, 0.2) is 0 Å². The van der Waals surface area contributed by atoms with E-state index in [0.29, 0.717) is 0 Å². The monoisotopic (exact) mass is 339 g/mol. The lowest BCUT2D eigenvalue weighted by Gasteiger charge is -2.25. The van der Waals surface area contributed by atoms with Crippen LogP contribution in [-0.4, -0.2) is 15.6 Å². The molecule has 0 fully saturated rings. The van der Waals surface area contributed by atoms with Gasteiger partial charge in [-0.25, -0.2) is 4.98 Å². The largest absolute Gasteiger partial charge is 0.326 e. The lowest BCUT2D eigenvalue weighted by molar-refractivity contribution is 0.479. The molecule has 102 valence electrons. The zero-order chi connectivity index (χ0) is 13.4. The summed E-state index contributed by atoms with van der Waals surface area (Å²) in [6.45, 7) is 2.08. The minimum atomic E-state index is 0.0748. The topological polar surface area (TPSA) is 43.8 Å². The van der Waals surface area contributed by atoms with Crippen LogP contribution in [-0.2, 0) is 12.8 Å². The van der Waals surface area contributed by atoms with Gasteiger partial charge in [0.1, 0.15) is 0 Å². The molecule has 3 rings (SSSR count). The second-order valence-corrected chi connectivity index (χ2v) is 7.08. The van der Waals surface area contributed by atoms with Crippen LogP contribution in [0, 0.1) is 0 Å². The molecule has 2 atom stereocenters. The van der Waals surface area contributed by atoms with Crippen molar-refractivity contribution in [1.82, 2.24) is 9.55 Å².